The van der Waals surface area contributed by atoms with Gasteiger partial charge in [0.2, 0.25) is 0 Å². The molecule has 0 spiro atoms. The third kappa shape index (κ3) is 2.17. The first-order valence-electron chi connectivity index (χ1n) is 4.44. The fourth-order valence-corrected chi connectivity index (χ4v) is 1.41. The molecule has 0 aromatic carbocycles. The molecule has 0 saturated carbocycles. The third-order valence-electron chi connectivity index (χ3n) is 2.32. The molecular formula is C8H13F4NO. The number of aliphatic hydroxyl groups excluding tert-OH is 1. The second-order valence-corrected chi connectivity index (χ2v) is 3.64. The van der Waals surface area contributed by atoms with E-state index in [1.807, 2.05) is 0 Å². The van der Waals surface area contributed by atoms with Gasteiger partial charge in [-0.2, -0.15) is 17.6 Å². The Hall–Kier alpha value is -0.360. The van der Waals surface area contributed by atoms with Crippen LogP contribution < -0.4 is 0 Å². The van der Waals surface area contributed by atoms with E-state index in [2.05, 4.69) is 0 Å². The van der Waals surface area contributed by atoms with Crippen LogP contribution in [0.25, 0.3) is 0 Å². The summed E-state index contributed by atoms with van der Waals surface area (Å²) < 4.78 is 50.6. The zero-order valence-electron chi connectivity index (χ0n) is 7.81. The lowest BCUT2D eigenvalue weighted by molar-refractivity contribution is -0.172. The molecule has 1 fully saturated rings. The van der Waals surface area contributed by atoms with Crippen molar-refractivity contribution in [3.8, 4) is 0 Å². The molecule has 0 unspecified atom stereocenters. The molecule has 0 aromatic rings. The second kappa shape index (κ2) is 3.66. The minimum absolute atomic E-state index is 0.123. The fraction of sp³-hybridized carbons (Fsp3) is 1.00. The first-order chi connectivity index (χ1) is 6.28. The van der Waals surface area contributed by atoms with Crippen molar-refractivity contribution in [1.29, 1.82) is 0 Å². The van der Waals surface area contributed by atoms with Crippen LogP contribution >= 0.6 is 0 Å². The van der Waals surface area contributed by atoms with E-state index >= 15 is 0 Å². The number of nitrogens with zero attached hydrogens (tertiary/aromatic N) is 1. The summed E-state index contributed by atoms with van der Waals surface area (Å²) in [4.78, 5) is 0.897. The number of hydrogen-bond acceptors (Lipinski definition) is 2. The summed E-state index contributed by atoms with van der Waals surface area (Å²) >= 11 is 0. The predicted octanol–water partition coefficient (Wildman–Crippen LogP) is 1.34. The maximum Gasteiger partial charge on any atom is 0.323 e. The second-order valence-electron chi connectivity index (χ2n) is 3.64. The molecule has 1 saturated heterocycles. The topological polar surface area (TPSA) is 23.5 Å². The van der Waals surface area contributed by atoms with Crippen molar-refractivity contribution in [2.45, 2.75) is 31.3 Å². The highest BCUT2D eigenvalue weighted by atomic mass is 19.3. The SMILES string of the molecule is CC[C@H](O)CN1CC(F)(F)C(F)(F)C1. The maximum absolute atomic E-state index is 12.7. The summed E-state index contributed by atoms with van der Waals surface area (Å²) in [5.74, 6) is -7.94. The van der Waals surface area contributed by atoms with E-state index in [9.17, 15) is 17.6 Å². The Morgan fingerprint density at radius 1 is 1.21 bits per heavy atom. The zero-order chi connectivity index (χ0) is 11.0. The van der Waals surface area contributed by atoms with Crippen LogP contribution in [0.1, 0.15) is 13.3 Å². The Morgan fingerprint density at radius 3 is 2.00 bits per heavy atom. The number of hydrogen-bond donors (Lipinski definition) is 1. The van der Waals surface area contributed by atoms with E-state index in [-0.39, 0.29) is 6.54 Å². The normalized spacial score (nSPS) is 27.9. The molecule has 6 heteroatoms. The molecule has 0 amide bonds. The van der Waals surface area contributed by atoms with E-state index < -0.39 is 31.0 Å². The van der Waals surface area contributed by atoms with Gasteiger partial charge in [-0.1, -0.05) is 6.92 Å². The Kier molecular flexibility index (Phi) is 3.06. The van der Waals surface area contributed by atoms with Gasteiger partial charge < -0.3 is 5.11 Å². The number of aliphatic hydroxyl groups is 1. The van der Waals surface area contributed by atoms with Gasteiger partial charge >= 0.3 is 11.8 Å². The van der Waals surface area contributed by atoms with Crippen LogP contribution in [0, 0.1) is 0 Å². The van der Waals surface area contributed by atoms with Crippen LogP contribution in [0.4, 0.5) is 17.6 Å². The summed E-state index contributed by atoms with van der Waals surface area (Å²) in [6.45, 7) is -0.410. The highest BCUT2D eigenvalue weighted by molar-refractivity contribution is 4.97. The Balaban J connectivity index is 2.55. The third-order valence-corrected chi connectivity index (χ3v) is 2.32. The van der Waals surface area contributed by atoms with E-state index in [4.69, 9.17) is 5.11 Å². The van der Waals surface area contributed by atoms with Gasteiger partial charge in [-0.15, -0.1) is 0 Å². The molecule has 1 heterocycles. The molecule has 1 atom stereocenters. The highest BCUT2D eigenvalue weighted by Crippen LogP contribution is 2.40. The van der Waals surface area contributed by atoms with Gasteiger partial charge in [-0.05, 0) is 6.42 Å². The van der Waals surface area contributed by atoms with Gasteiger partial charge in [-0.3, -0.25) is 4.90 Å². The number of β-amino-alcohol motifs (C(OH)–C–C–N with tert-alkyl or cyclic N) is 1. The van der Waals surface area contributed by atoms with E-state index in [1.165, 1.54) is 0 Å². The Labute approximate surface area is 79.5 Å². The molecule has 0 radical (unpaired) electrons. The monoisotopic (exact) mass is 215 g/mol. The lowest BCUT2D eigenvalue weighted by Crippen LogP contribution is -2.38. The molecule has 1 aliphatic heterocycles. The highest BCUT2D eigenvalue weighted by Gasteiger charge is 2.62. The number of rotatable bonds is 3. The van der Waals surface area contributed by atoms with Gasteiger partial charge in [0.25, 0.3) is 0 Å². The summed E-state index contributed by atoms with van der Waals surface area (Å²) in [6, 6.07) is 0. The van der Waals surface area contributed by atoms with Crippen molar-refractivity contribution in [2.75, 3.05) is 19.6 Å². The van der Waals surface area contributed by atoms with Crippen LogP contribution in [0.5, 0.6) is 0 Å². The van der Waals surface area contributed by atoms with Gasteiger partial charge in [0, 0.05) is 6.54 Å². The van der Waals surface area contributed by atoms with Crippen LogP contribution in [-0.4, -0.2) is 47.6 Å². The molecular weight excluding hydrogens is 202 g/mol. The van der Waals surface area contributed by atoms with Crippen LogP contribution in [0.3, 0.4) is 0 Å². The average Bonchev–Trinajstić information content (AvgIpc) is 2.20. The van der Waals surface area contributed by atoms with E-state index in [0.717, 1.165) is 4.90 Å². The summed E-state index contributed by atoms with van der Waals surface area (Å²) in [5.41, 5.74) is 0. The van der Waals surface area contributed by atoms with Crippen LogP contribution in [-0.2, 0) is 0 Å². The molecule has 1 rings (SSSR count). The van der Waals surface area contributed by atoms with Crippen molar-refractivity contribution in [3.05, 3.63) is 0 Å². The molecule has 1 aliphatic rings. The van der Waals surface area contributed by atoms with Gasteiger partial charge in [0.15, 0.2) is 0 Å². The zero-order valence-corrected chi connectivity index (χ0v) is 7.81. The molecule has 1 N–H and O–H groups in total. The minimum atomic E-state index is -3.97. The van der Waals surface area contributed by atoms with Crippen LogP contribution in [0.2, 0.25) is 0 Å². The predicted molar refractivity (Wildman–Crippen MR) is 42.6 cm³/mol. The first-order valence-corrected chi connectivity index (χ1v) is 4.44. The van der Waals surface area contributed by atoms with Crippen molar-refractivity contribution in [1.82, 2.24) is 4.90 Å². The van der Waals surface area contributed by atoms with Crippen molar-refractivity contribution < 1.29 is 22.7 Å². The largest absolute Gasteiger partial charge is 0.392 e. The summed E-state index contributed by atoms with van der Waals surface area (Å²) in [7, 11) is 0. The van der Waals surface area contributed by atoms with Gasteiger partial charge in [-0.25, -0.2) is 0 Å². The maximum atomic E-state index is 12.7. The van der Waals surface area contributed by atoms with Gasteiger partial charge in [0.1, 0.15) is 0 Å². The number of alkyl halides is 4. The molecule has 2 nitrogen and oxygen atoms in total. The molecule has 0 bridgehead atoms. The first kappa shape index (κ1) is 11.7. The van der Waals surface area contributed by atoms with Crippen LogP contribution in [0.15, 0.2) is 0 Å². The molecule has 0 aromatic heterocycles. The van der Waals surface area contributed by atoms with E-state index in [1.54, 1.807) is 6.92 Å². The van der Waals surface area contributed by atoms with Crippen molar-refractivity contribution in [2.24, 2.45) is 0 Å². The number of likely N-dealkylation sites (tertiary alicyclic amines) is 1. The summed E-state index contributed by atoms with van der Waals surface area (Å²) in [6.07, 6.45) is -0.451. The smallest absolute Gasteiger partial charge is 0.323 e. The lowest BCUT2D eigenvalue weighted by atomic mass is 10.2. The average molecular weight is 215 g/mol. The quantitative estimate of drug-likeness (QED) is 0.718. The lowest BCUT2D eigenvalue weighted by Gasteiger charge is -2.17. The standard InChI is InChI=1S/C8H13F4NO/c1-2-6(14)3-13-4-7(9,10)8(11,12)5-13/h6,14H,2-5H2,1H3/t6-/m0/s1. The van der Waals surface area contributed by atoms with Crippen molar-refractivity contribution >= 4 is 0 Å². The summed E-state index contributed by atoms with van der Waals surface area (Å²) in [5, 5.41) is 9.13. The molecule has 0 aliphatic carbocycles. The van der Waals surface area contributed by atoms with E-state index in [0.29, 0.717) is 6.42 Å². The Bertz CT molecular complexity index is 194. The number of halogens is 4. The molecule has 84 valence electrons. The van der Waals surface area contributed by atoms with Gasteiger partial charge in [0.05, 0.1) is 19.2 Å². The molecule has 14 heavy (non-hydrogen) atoms. The fourth-order valence-electron chi connectivity index (χ4n) is 1.41. The van der Waals surface area contributed by atoms with Crippen molar-refractivity contribution in [3.63, 3.8) is 0 Å². The minimum Gasteiger partial charge on any atom is -0.392 e. The Morgan fingerprint density at radius 2 is 1.64 bits per heavy atom.